The van der Waals surface area contributed by atoms with Gasteiger partial charge in [-0.2, -0.15) is 0 Å². The topological polar surface area (TPSA) is 0 Å². The standard InChI is InChI=1S/C64H40/c1-31(2)34-13-8-14-35(32(3)4)57(34)41-18-22-46-52-30-54-48-24-20-43-45-26-27-50-62-49(55-28-33-10-7-15-37-36-11-5-6-12-38(36)64(56(33)37)63(50)55)25-21-44(60(45)62)42-19-23-47(61(48)59(42)43)53(54)29-51(52)40-17-9-16-39(41)58(40)46/h5-32H,1-4H3. The second-order valence-corrected chi connectivity index (χ2v) is 19.7. The summed E-state index contributed by atoms with van der Waals surface area (Å²) in [6.07, 6.45) is 0. The van der Waals surface area contributed by atoms with Crippen molar-refractivity contribution in [1.29, 1.82) is 0 Å². The molecule has 0 saturated carbocycles. The van der Waals surface area contributed by atoms with Gasteiger partial charge in [0.2, 0.25) is 0 Å². The number of hydrogen-bond acceptors (Lipinski definition) is 0. The van der Waals surface area contributed by atoms with Crippen molar-refractivity contribution in [2.24, 2.45) is 0 Å². The molecule has 16 rings (SSSR count). The van der Waals surface area contributed by atoms with E-state index in [9.17, 15) is 0 Å². The Morgan fingerprint density at radius 3 is 1.20 bits per heavy atom. The lowest BCUT2D eigenvalue weighted by Gasteiger charge is -2.21. The molecule has 0 spiro atoms. The lowest BCUT2D eigenvalue weighted by Crippen LogP contribution is -2.00. The zero-order valence-electron chi connectivity index (χ0n) is 36.2. The summed E-state index contributed by atoms with van der Waals surface area (Å²) in [5.74, 6) is 0.873. The van der Waals surface area contributed by atoms with Crippen LogP contribution >= 0.6 is 0 Å². The predicted octanol–water partition coefficient (Wildman–Crippen LogP) is 18.9. The van der Waals surface area contributed by atoms with Gasteiger partial charge in [-0.1, -0.05) is 167 Å². The fraction of sp³-hybridized carbons (Fsp3) is 0.0938. The van der Waals surface area contributed by atoms with Crippen molar-refractivity contribution >= 4 is 151 Å². The molecule has 0 saturated heterocycles. The van der Waals surface area contributed by atoms with Gasteiger partial charge in [0.05, 0.1) is 0 Å². The smallest absolute Gasteiger partial charge is 0.000785 e. The quantitative estimate of drug-likeness (QED) is 0.123. The zero-order valence-corrected chi connectivity index (χ0v) is 36.2. The molecule has 0 unspecified atom stereocenters. The summed E-state index contributed by atoms with van der Waals surface area (Å²) in [6.45, 7) is 9.33. The molecule has 296 valence electrons. The van der Waals surface area contributed by atoms with Crippen LogP contribution in [0.15, 0.2) is 158 Å². The number of fused-ring (bicyclic) bond motifs is 15. The molecule has 0 aromatic heterocycles. The summed E-state index contributed by atoms with van der Waals surface area (Å²) >= 11 is 0. The van der Waals surface area contributed by atoms with E-state index in [-0.39, 0.29) is 0 Å². The molecule has 0 atom stereocenters. The summed E-state index contributed by atoms with van der Waals surface area (Å²) in [4.78, 5) is 0. The molecule has 0 fully saturated rings. The molecule has 0 aliphatic rings. The van der Waals surface area contributed by atoms with Crippen LogP contribution in [0.4, 0.5) is 0 Å². The minimum Gasteiger partial charge on any atom is -0.0617 e. The minimum atomic E-state index is 0.436. The first-order valence-electron chi connectivity index (χ1n) is 23.2. The van der Waals surface area contributed by atoms with E-state index in [0.29, 0.717) is 11.8 Å². The van der Waals surface area contributed by atoms with Gasteiger partial charge in [0.15, 0.2) is 0 Å². The Balaban J connectivity index is 0.982. The van der Waals surface area contributed by atoms with Crippen LogP contribution in [0.2, 0.25) is 0 Å². The minimum absolute atomic E-state index is 0.436. The van der Waals surface area contributed by atoms with Gasteiger partial charge >= 0.3 is 0 Å². The van der Waals surface area contributed by atoms with Crippen molar-refractivity contribution in [3.8, 4) is 11.1 Å². The highest BCUT2D eigenvalue weighted by Gasteiger charge is 2.26. The second kappa shape index (κ2) is 11.3. The van der Waals surface area contributed by atoms with Crippen molar-refractivity contribution in [1.82, 2.24) is 0 Å². The molecule has 0 heterocycles. The molecule has 64 heavy (non-hydrogen) atoms. The van der Waals surface area contributed by atoms with E-state index in [2.05, 4.69) is 185 Å². The Hall–Kier alpha value is -7.54. The van der Waals surface area contributed by atoms with E-state index in [1.54, 1.807) is 0 Å². The molecule has 0 nitrogen and oxygen atoms in total. The fourth-order valence-electron chi connectivity index (χ4n) is 13.6. The van der Waals surface area contributed by atoms with Crippen molar-refractivity contribution < 1.29 is 0 Å². The predicted molar refractivity (Wildman–Crippen MR) is 281 cm³/mol. The van der Waals surface area contributed by atoms with Crippen LogP contribution in [0.3, 0.4) is 0 Å². The third-order valence-electron chi connectivity index (χ3n) is 16.1. The SMILES string of the molecule is CC(C)c1cccc(C(C)C)c1-c1ccc2c3cc4c(cc3c3cccc1c32)c1ccc2c3ccc5c6cc7cccc8c9ccccc9c(c78)c6c6ccc(c7ccc4c1c27)c3c56. The lowest BCUT2D eigenvalue weighted by atomic mass is 9.83. The Morgan fingerprint density at radius 1 is 0.234 bits per heavy atom. The maximum absolute atomic E-state index is 2.53. The number of rotatable bonds is 3. The second-order valence-electron chi connectivity index (χ2n) is 19.7. The third kappa shape index (κ3) is 3.80. The first kappa shape index (κ1) is 34.0. The molecule has 0 N–H and O–H groups in total. The maximum atomic E-state index is 2.53. The van der Waals surface area contributed by atoms with E-state index in [1.807, 2.05) is 0 Å². The summed E-state index contributed by atoms with van der Waals surface area (Å²) in [5.41, 5.74) is 5.65. The van der Waals surface area contributed by atoms with Crippen molar-refractivity contribution in [2.75, 3.05) is 0 Å². The van der Waals surface area contributed by atoms with E-state index in [1.165, 1.54) is 173 Å². The fourth-order valence-corrected chi connectivity index (χ4v) is 13.6. The first-order chi connectivity index (χ1) is 31.4. The molecule has 0 aliphatic carbocycles. The molecule has 0 radical (unpaired) electrons. The molecular weight excluding hydrogens is 769 g/mol. The molecule has 0 aliphatic heterocycles. The molecule has 16 aromatic carbocycles. The average molecular weight is 809 g/mol. The van der Waals surface area contributed by atoms with Crippen LogP contribution < -0.4 is 0 Å². The van der Waals surface area contributed by atoms with Crippen LogP contribution in [0.25, 0.3) is 162 Å². The average Bonchev–Trinajstić information content (AvgIpc) is 4.04. The van der Waals surface area contributed by atoms with Gasteiger partial charge in [-0.25, -0.2) is 0 Å². The number of hydrogen-bond donors (Lipinski definition) is 0. The van der Waals surface area contributed by atoms with Gasteiger partial charge in [-0.05, 0) is 203 Å². The van der Waals surface area contributed by atoms with Gasteiger partial charge in [0, 0.05) is 0 Å². The summed E-state index contributed by atoms with van der Waals surface area (Å²) in [7, 11) is 0. The van der Waals surface area contributed by atoms with E-state index in [4.69, 9.17) is 0 Å². The highest BCUT2D eigenvalue weighted by molar-refractivity contribution is 6.50. The van der Waals surface area contributed by atoms with Gasteiger partial charge < -0.3 is 0 Å². The van der Waals surface area contributed by atoms with Crippen LogP contribution in [0.1, 0.15) is 50.7 Å². The van der Waals surface area contributed by atoms with Gasteiger partial charge in [0.25, 0.3) is 0 Å². The third-order valence-corrected chi connectivity index (χ3v) is 16.1. The van der Waals surface area contributed by atoms with Crippen LogP contribution in [-0.4, -0.2) is 0 Å². The molecular formula is C64H40. The van der Waals surface area contributed by atoms with Gasteiger partial charge in [-0.15, -0.1) is 0 Å². The Labute approximate surface area is 368 Å². The Bertz CT molecular complexity index is 4560. The zero-order chi connectivity index (χ0) is 42.0. The van der Waals surface area contributed by atoms with Crippen LogP contribution in [0.5, 0.6) is 0 Å². The highest BCUT2D eigenvalue weighted by atomic mass is 14.3. The highest BCUT2D eigenvalue weighted by Crippen LogP contribution is 2.54. The number of benzene rings is 12. The van der Waals surface area contributed by atoms with Crippen LogP contribution in [0, 0.1) is 0 Å². The van der Waals surface area contributed by atoms with Gasteiger partial charge in [0.1, 0.15) is 0 Å². The largest absolute Gasteiger partial charge is 0.0617 e. The van der Waals surface area contributed by atoms with Crippen LogP contribution in [-0.2, 0) is 0 Å². The maximum Gasteiger partial charge on any atom is -0.000785 e. The Morgan fingerprint density at radius 2 is 0.609 bits per heavy atom. The van der Waals surface area contributed by atoms with Crippen molar-refractivity contribution in [2.45, 2.75) is 39.5 Å². The summed E-state index contributed by atoms with van der Waals surface area (Å²) in [5, 5.41) is 38.4. The first-order valence-corrected chi connectivity index (χ1v) is 23.2. The van der Waals surface area contributed by atoms with Crippen molar-refractivity contribution in [3.63, 3.8) is 0 Å². The van der Waals surface area contributed by atoms with Gasteiger partial charge in [-0.3, -0.25) is 0 Å². The summed E-state index contributed by atoms with van der Waals surface area (Å²) in [6, 6.07) is 61.8. The Kier molecular flexibility index (Phi) is 6.02. The normalized spacial score (nSPS) is 13.3. The lowest BCUT2D eigenvalue weighted by molar-refractivity contribution is 0.838. The van der Waals surface area contributed by atoms with E-state index >= 15 is 0 Å². The molecule has 0 heteroatoms. The molecule has 0 amide bonds. The van der Waals surface area contributed by atoms with E-state index in [0.717, 1.165) is 0 Å². The molecule has 0 bridgehead atoms. The molecule has 16 aromatic rings. The summed E-state index contributed by atoms with van der Waals surface area (Å²) < 4.78 is 0. The monoisotopic (exact) mass is 808 g/mol. The van der Waals surface area contributed by atoms with Crippen molar-refractivity contribution in [3.05, 3.63) is 169 Å². The van der Waals surface area contributed by atoms with E-state index < -0.39 is 0 Å².